The highest BCUT2D eigenvalue weighted by Gasteiger charge is 2.15. The fourth-order valence-corrected chi connectivity index (χ4v) is 1.61. The van der Waals surface area contributed by atoms with E-state index in [-0.39, 0.29) is 12.7 Å². The highest BCUT2D eigenvalue weighted by molar-refractivity contribution is 5.67. The van der Waals surface area contributed by atoms with E-state index in [4.69, 9.17) is 9.84 Å². The third kappa shape index (κ3) is 6.99. The van der Waals surface area contributed by atoms with Crippen LogP contribution in [-0.4, -0.2) is 29.9 Å². The van der Waals surface area contributed by atoms with E-state index in [1.807, 2.05) is 45.0 Å². The average Bonchev–Trinajstić information content (AvgIpc) is 2.36. The first-order valence-electron chi connectivity index (χ1n) is 6.81. The van der Waals surface area contributed by atoms with Crippen LogP contribution in [0.5, 0.6) is 0 Å². The molecule has 0 heterocycles. The van der Waals surface area contributed by atoms with Crippen molar-refractivity contribution in [3.05, 3.63) is 29.8 Å². The Kier molecular flexibility index (Phi) is 6.31. The van der Waals surface area contributed by atoms with Crippen molar-refractivity contribution in [1.82, 2.24) is 5.32 Å². The van der Waals surface area contributed by atoms with Crippen LogP contribution in [0.4, 0.5) is 10.5 Å². The van der Waals surface area contributed by atoms with Crippen molar-refractivity contribution in [3.8, 4) is 0 Å². The Morgan fingerprint density at radius 1 is 1.30 bits per heavy atom. The van der Waals surface area contributed by atoms with Crippen molar-refractivity contribution < 1.29 is 14.6 Å². The number of anilines is 1. The van der Waals surface area contributed by atoms with Crippen LogP contribution < -0.4 is 10.6 Å². The summed E-state index contributed by atoms with van der Waals surface area (Å²) in [6.45, 7) is 6.84. The molecule has 3 N–H and O–H groups in total. The van der Waals surface area contributed by atoms with E-state index in [0.717, 1.165) is 24.2 Å². The summed E-state index contributed by atoms with van der Waals surface area (Å²) < 4.78 is 5.13. The van der Waals surface area contributed by atoms with Crippen LogP contribution in [0.2, 0.25) is 0 Å². The standard InChI is InChI=1S/C15H24N2O3/c1-15(2,3)20-14(19)17-9-5-8-16-13-7-4-6-12(10-13)11-18/h4,6-7,10,16,18H,5,8-9,11H2,1-3H3,(H,17,19). The molecule has 0 radical (unpaired) electrons. The number of aliphatic hydroxyl groups excluding tert-OH is 1. The lowest BCUT2D eigenvalue weighted by Gasteiger charge is -2.19. The molecule has 5 nitrogen and oxygen atoms in total. The van der Waals surface area contributed by atoms with Crippen LogP contribution in [0.3, 0.4) is 0 Å². The number of nitrogens with one attached hydrogen (secondary N) is 2. The first-order valence-corrected chi connectivity index (χ1v) is 6.81. The normalized spacial score (nSPS) is 11.0. The van der Waals surface area contributed by atoms with E-state index in [2.05, 4.69) is 10.6 Å². The molecular weight excluding hydrogens is 256 g/mol. The Balaban J connectivity index is 2.17. The number of alkyl carbamates (subject to hydrolysis) is 1. The fourth-order valence-electron chi connectivity index (χ4n) is 1.61. The van der Waals surface area contributed by atoms with Crippen LogP contribution in [0, 0.1) is 0 Å². The van der Waals surface area contributed by atoms with E-state index in [9.17, 15) is 4.79 Å². The zero-order valence-electron chi connectivity index (χ0n) is 12.4. The monoisotopic (exact) mass is 280 g/mol. The highest BCUT2D eigenvalue weighted by atomic mass is 16.6. The first-order chi connectivity index (χ1) is 9.40. The zero-order chi connectivity index (χ0) is 15.0. The van der Waals surface area contributed by atoms with Crippen LogP contribution in [0.1, 0.15) is 32.8 Å². The molecule has 20 heavy (non-hydrogen) atoms. The number of rotatable bonds is 6. The van der Waals surface area contributed by atoms with E-state index in [1.165, 1.54) is 0 Å². The molecule has 0 spiro atoms. The van der Waals surface area contributed by atoms with Crippen LogP contribution in [-0.2, 0) is 11.3 Å². The maximum Gasteiger partial charge on any atom is 0.407 e. The highest BCUT2D eigenvalue weighted by Crippen LogP contribution is 2.10. The summed E-state index contributed by atoms with van der Waals surface area (Å²) in [5, 5.41) is 15.0. The van der Waals surface area contributed by atoms with E-state index < -0.39 is 5.60 Å². The summed E-state index contributed by atoms with van der Waals surface area (Å²) in [5.41, 5.74) is 1.38. The van der Waals surface area contributed by atoms with E-state index >= 15 is 0 Å². The molecule has 1 aromatic carbocycles. The number of hydrogen-bond donors (Lipinski definition) is 3. The zero-order valence-corrected chi connectivity index (χ0v) is 12.4. The Hall–Kier alpha value is -1.75. The van der Waals surface area contributed by atoms with E-state index in [1.54, 1.807) is 0 Å². The lowest BCUT2D eigenvalue weighted by molar-refractivity contribution is 0.0528. The van der Waals surface area contributed by atoms with Crippen LogP contribution >= 0.6 is 0 Å². The van der Waals surface area contributed by atoms with Crippen molar-refractivity contribution in [3.63, 3.8) is 0 Å². The smallest absolute Gasteiger partial charge is 0.407 e. The van der Waals surface area contributed by atoms with Crippen molar-refractivity contribution >= 4 is 11.8 Å². The largest absolute Gasteiger partial charge is 0.444 e. The molecule has 1 aromatic rings. The van der Waals surface area contributed by atoms with Gasteiger partial charge in [-0.2, -0.15) is 0 Å². The first kappa shape index (κ1) is 16.3. The molecule has 0 aromatic heterocycles. The Labute approximate surface area is 120 Å². The third-order valence-corrected chi connectivity index (χ3v) is 2.46. The van der Waals surface area contributed by atoms with Gasteiger partial charge in [-0.1, -0.05) is 12.1 Å². The number of aliphatic hydroxyl groups is 1. The molecule has 0 saturated carbocycles. The minimum absolute atomic E-state index is 0.0374. The van der Waals surface area contributed by atoms with Crippen LogP contribution in [0.25, 0.3) is 0 Å². The van der Waals surface area contributed by atoms with E-state index in [0.29, 0.717) is 6.54 Å². The molecule has 0 atom stereocenters. The summed E-state index contributed by atoms with van der Waals surface area (Å²) in [7, 11) is 0. The molecule has 0 bridgehead atoms. The number of amides is 1. The Bertz CT molecular complexity index is 427. The molecule has 0 aliphatic rings. The number of ether oxygens (including phenoxy) is 1. The summed E-state index contributed by atoms with van der Waals surface area (Å²) in [6.07, 6.45) is 0.405. The van der Waals surface area contributed by atoms with Gasteiger partial charge >= 0.3 is 6.09 Å². The second-order valence-electron chi connectivity index (χ2n) is 5.57. The SMILES string of the molecule is CC(C)(C)OC(=O)NCCCNc1cccc(CO)c1. The van der Waals surface area contributed by atoms with Gasteiger partial charge in [0.2, 0.25) is 0 Å². The van der Waals surface area contributed by atoms with Gasteiger partial charge in [0.15, 0.2) is 0 Å². The van der Waals surface area contributed by atoms with Crippen molar-refractivity contribution in [2.75, 3.05) is 18.4 Å². The molecular formula is C15H24N2O3. The van der Waals surface area contributed by atoms with Crippen molar-refractivity contribution in [1.29, 1.82) is 0 Å². The number of carbonyl (C=O) groups excluding carboxylic acids is 1. The van der Waals surface area contributed by atoms with Gasteiger partial charge in [-0.15, -0.1) is 0 Å². The average molecular weight is 280 g/mol. The molecule has 1 rings (SSSR count). The molecule has 0 aliphatic carbocycles. The second-order valence-corrected chi connectivity index (χ2v) is 5.57. The molecule has 0 fully saturated rings. The quantitative estimate of drug-likeness (QED) is 0.700. The van der Waals surface area contributed by atoms with Crippen molar-refractivity contribution in [2.45, 2.75) is 39.4 Å². The Morgan fingerprint density at radius 2 is 2.05 bits per heavy atom. The summed E-state index contributed by atoms with van der Waals surface area (Å²) in [5.74, 6) is 0. The topological polar surface area (TPSA) is 70.6 Å². The molecule has 0 aliphatic heterocycles. The fraction of sp³-hybridized carbons (Fsp3) is 0.533. The molecule has 1 amide bonds. The van der Waals surface area contributed by atoms with Gasteiger partial charge in [-0.3, -0.25) is 0 Å². The predicted octanol–water partition coefficient (Wildman–Crippen LogP) is 2.51. The minimum Gasteiger partial charge on any atom is -0.444 e. The van der Waals surface area contributed by atoms with Gasteiger partial charge in [-0.25, -0.2) is 4.79 Å². The van der Waals surface area contributed by atoms with Crippen molar-refractivity contribution in [2.24, 2.45) is 0 Å². The lowest BCUT2D eigenvalue weighted by Crippen LogP contribution is -2.33. The number of hydrogen-bond acceptors (Lipinski definition) is 4. The maximum absolute atomic E-state index is 11.4. The van der Waals surface area contributed by atoms with Gasteiger partial charge < -0.3 is 20.5 Å². The van der Waals surface area contributed by atoms with Gasteiger partial charge in [0.05, 0.1) is 6.61 Å². The Morgan fingerprint density at radius 3 is 2.70 bits per heavy atom. The minimum atomic E-state index is -0.465. The van der Waals surface area contributed by atoms with Gasteiger partial charge in [-0.05, 0) is 44.9 Å². The lowest BCUT2D eigenvalue weighted by atomic mass is 10.2. The summed E-state index contributed by atoms with van der Waals surface area (Å²) in [6, 6.07) is 7.61. The van der Waals surface area contributed by atoms with Crippen LogP contribution in [0.15, 0.2) is 24.3 Å². The second kappa shape index (κ2) is 7.75. The van der Waals surface area contributed by atoms with Gasteiger partial charge in [0.1, 0.15) is 5.60 Å². The third-order valence-electron chi connectivity index (χ3n) is 2.46. The molecule has 112 valence electrons. The molecule has 5 heteroatoms. The summed E-state index contributed by atoms with van der Waals surface area (Å²) in [4.78, 5) is 11.4. The number of carbonyl (C=O) groups is 1. The molecule has 0 saturated heterocycles. The molecule has 0 unspecified atom stereocenters. The number of benzene rings is 1. The summed E-state index contributed by atoms with van der Waals surface area (Å²) >= 11 is 0. The van der Waals surface area contributed by atoms with Gasteiger partial charge in [0, 0.05) is 18.8 Å². The van der Waals surface area contributed by atoms with Gasteiger partial charge in [0.25, 0.3) is 0 Å². The maximum atomic E-state index is 11.4. The predicted molar refractivity (Wildman–Crippen MR) is 79.7 cm³/mol.